The van der Waals surface area contributed by atoms with Crippen LogP contribution in [0.4, 0.5) is 0 Å². The second-order valence-corrected chi connectivity index (χ2v) is 8.60. The van der Waals surface area contributed by atoms with Gasteiger partial charge in [0.15, 0.2) is 0 Å². The lowest BCUT2D eigenvalue weighted by atomic mass is 9.99. The fourth-order valence-corrected chi connectivity index (χ4v) is 4.43. The molecule has 164 valence electrons. The van der Waals surface area contributed by atoms with Crippen molar-refractivity contribution in [2.75, 3.05) is 6.54 Å². The molecule has 0 fully saturated rings. The van der Waals surface area contributed by atoms with Crippen LogP contribution in [0.1, 0.15) is 40.1 Å². The zero-order valence-electron chi connectivity index (χ0n) is 19.2. The summed E-state index contributed by atoms with van der Waals surface area (Å²) in [5, 5.41) is 3.05. The lowest BCUT2D eigenvalue weighted by Gasteiger charge is -2.15. The molecule has 0 radical (unpaired) electrons. The Morgan fingerprint density at radius 3 is 2.38 bits per heavy atom. The SMILES string of the molecule is Cc1cc(C)c(Cn2c(CCCNC(=O)Cc3ccccc3)nc3ccccc32)c(C)c1. The Labute approximate surface area is 190 Å². The maximum atomic E-state index is 12.2. The Morgan fingerprint density at radius 2 is 1.62 bits per heavy atom. The average molecular weight is 426 g/mol. The molecule has 1 heterocycles. The van der Waals surface area contributed by atoms with Crippen LogP contribution in [0, 0.1) is 20.8 Å². The van der Waals surface area contributed by atoms with Crippen molar-refractivity contribution < 1.29 is 4.79 Å². The highest BCUT2D eigenvalue weighted by Gasteiger charge is 2.13. The molecule has 0 spiro atoms. The van der Waals surface area contributed by atoms with Crippen molar-refractivity contribution in [3.63, 3.8) is 0 Å². The van der Waals surface area contributed by atoms with Crippen LogP contribution in [0.3, 0.4) is 0 Å². The number of carbonyl (C=O) groups is 1. The molecule has 1 amide bonds. The molecule has 1 N–H and O–H groups in total. The van der Waals surface area contributed by atoms with Gasteiger partial charge in [0.25, 0.3) is 0 Å². The van der Waals surface area contributed by atoms with Crippen molar-refractivity contribution in [2.45, 2.75) is 46.6 Å². The van der Waals surface area contributed by atoms with Crippen molar-refractivity contribution in [2.24, 2.45) is 0 Å². The van der Waals surface area contributed by atoms with Crippen LogP contribution in [0.15, 0.2) is 66.7 Å². The molecule has 0 saturated heterocycles. The summed E-state index contributed by atoms with van der Waals surface area (Å²) in [6, 6.07) is 22.7. The maximum Gasteiger partial charge on any atom is 0.224 e. The third-order valence-corrected chi connectivity index (χ3v) is 6.00. The zero-order valence-corrected chi connectivity index (χ0v) is 19.2. The molecular formula is C28H31N3O. The number of amides is 1. The molecule has 0 atom stereocenters. The first-order valence-corrected chi connectivity index (χ1v) is 11.3. The summed E-state index contributed by atoms with van der Waals surface area (Å²) < 4.78 is 2.34. The molecule has 1 aromatic heterocycles. The van der Waals surface area contributed by atoms with E-state index < -0.39 is 0 Å². The Hall–Kier alpha value is -3.40. The van der Waals surface area contributed by atoms with Crippen LogP contribution in [0.5, 0.6) is 0 Å². The molecule has 0 unspecified atom stereocenters. The van der Waals surface area contributed by atoms with E-state index in [4.69, 9.17) is 4.98 Å². The van der Waals surface area contributed by atoms with Gasteiger partial charge in [-0.1, -0.05) is 60.2 Å². The van der Waals surface area contributed by atoms with Crippen LogP contribution >= 0.6 is 0 Å². The largest absolute Gasteiger partial charge is 0.356 e. The molecule has 3 aromatic carbocycles. The van der Waals surface area contributed by atoms with E-state index >= 15 is 0 Å². The third kappa shape index (κ3) is 5.08. The monoisotopic (exact) mass is 425 g/mol. The predicted octanol–water partition coefficient (Wildman–Crippen LogP) is 5.30. The minimum Gasteiger partial charge on any atom is -0.356 e. The zero-order chi connectivity index (χ0) is 22.5. The molecule has 4 rings (SSSR count). The van der Waals surface area contributed by atoms with Gasteiger partial charge in [-0.25, -0.2) is 4.98 Å². The van der Waals surface area contributed by atoms with E-state index in [1.54, 1.807) is 0 Å². The molecule has 4 heteroatoms. The van der Waals surface area contributed by atoms with Crippen molar-refractivity contribution in [1.29, 1.82) is 0 Å². The number of fused-ring (bicyclic) bond motifs is 1. The minimum absolute atomic E-state index is 0.0654. The van der Waals surface area contributed by atoms with Gasteiger partial charge in [0, 0.05) is 19.5 Å². The number of carbonyl (C=O) groups excluding carboxylic acids is 1. The number of benzene rings is 3. The number of para-hydroxylation sites is 2. The van der Waals surface area contributed by atoms with E-state index in [-0.39, 0.29) is 5.91 Å². The van der Waals surface area contributed by atoms with E-state index in [2.05, 4.69) is 61.0 Å². The molecule has 32 heavy (non-hydrogen) atoms. The van der Waals surface area contributed by atoms with E-state index in [0.717, 1.165) is 41.8 Å². The summed E-state index contributed by atoms with van der Waals surface area (Å²) in [5.74, 6) is 1.14. The number of aryl methyl sites for hydroxylation is 4. The molecule has 0 aliphatic rings. The molecule has 4 nitrogen and oxygen atoms in total. The fourth-order valence-electron chi connectivity index (χ4n) is 4.43. The van der Waals surface area contributed by atoms with Gasteiger partial charge in [-0.3, -0.25) is 4.79 Å². The summed E-state index contributed by atoms with van der Waals surface area (Å²) in [6.45, 7) is 7.99. The van der Waals surface area contributed by atoms with Gasteiger partial charge in [-0.2, -0.15) is 0 Å². The average Bonchev–Trinajstić information content (AvgIpc) is 3.11. The van der Waals surface area contributed by atoms with Crippen LogP contribution in [0.2, 0.25) is 0 Å². The molecular weight excluding hydrogens is 394 g/mol. The Morgan fingerprint density at radius 1 is 0.938 bits per heavy atom. The summed E-state index contributed by atoms with van der Waals surface area (Å²) in [7, 11) is 0. The smallest absolute Gasteiger partial charge is 0.224 e. The normalized spacial score (nSPS) is 11.1. The maximum absolute atomic E-state index is 12.2. The van der Waals surface area contributed by atoms with Gasteiger partial charge in [0.05, 0.1) is 17.5 Å². The summed E-state index contributed by atoms with van der Waals surface area (Å²) in [6.07, 6.45) is 2.10. The first-order valence-electron chi connectivity index (χ1n) is 11.3. The summed E-state index contributed by atoms with van der Waals surface area (Å²) >= 11 is 0. The topological polar surface area (TPSA) is 46.9 Å². The first kappa shape index (κ1) is 21.8. The molecule has 4 aromatic rings. The van der Waals surface area contributed by atoms with E-state index in [0.29, 0.717) is 13.0 Å². The summed E-state index contributed by atoms with van der Waals surface area (Å²) in [5.41, 5.74) is 8.52. The lowest BCUT2D eigenvalue weighted by molar-refractivity contribution is -0.120. The fraction of sp³-hybridized carbons (Fsp3) is 0.286. The van der Waals surface area contributed by atoms with Crippen molar-refractivity contribution in [3.8, 4) is 0 Å². The molecule has 0 saturated carbocycles. The highest BCUT2D eigenvalue weighted by molar-refractivity contribution is 5.78. The quantitative estimate of drug-likeness (QED) is 0.389. The Kier molecular flexibility index (Phi) is 6.69. The van der Waals surface area contributed by atoms with Gasteiger partial charge in [0.2, 0.25) is 5.91 Å². The second-order valence-electron chi connectivity index (χ2n) is 8.60. The second kappa shape index (κ2) is 9.82. The van der Waals surface area contributed by atoms with Crippen LogP contribution in [0.25, 0.3) is 11.0 Å². The Bertz CT molecular complexity index is 1200. The lowest BCUT2D eigenvalue weighted by Crippen LogP contribution is -2.26. The number of hydrogen-bond donors (Lipinski definition) is 1. The van der Waals surface area contributed by atoms with Crippen molar-refractivity contribution in [3.05, 3.63) is 100 Å². The Balaban J connectivity index is 1.45. The number of imidazole rings is 1. The van der Waals surface area contributed by atoms with Crippen LogP contribution in [-0.4, -0.2) is 22.0 Å². The molecule has 0 bridgehead atoms. The van der Waals surface area contributed by atoms with Crippen molar-refractivity contribution >= 4 is 16.9 Å². The molecule has 0 aliphatic carbocycles. The minimum atomic E-state index is 0.0654. The highest BCUT2D eigenvalue weighted by Crippen LogP contribution is 2.23. The number of nitrogens with one attached hydrogen (secondary N) is 1. The number of hydrogen-bond acceptors (Lipinski definition) is 2. The van der Waals surface area contributed by atoms with Gasteiger partial charge >= 0.3 is 0 Å². The number of rotatable bonds is 8. The molecule has 0 aliphatic heterocycles. The summed E-state index contributed by atoms with van der Waals surface area (Å²) in [4.78, 5) is 17.2. The third-order valence-electron chi connectivity index (χ3n) is 6.00. The van der Waals surface area contributed by atoms with E-state index in [9.17, 15) is 4.79 Å². The standard InChI is InChI=1S/C28H31N3O/c1-20-16-21(2)24(22(3)17-20)19-31-26-13-8-7-12-25(26)30-27(31)14-9-15-29-28(32)18-23-10-5-4-6-11-23/h4-8,10-13,16-17H,9,14-15,18-19H2,1-3H3,(H,29,32). The van der Waals surface area contributed by atoms with Gasteiger partial charge in [-0.05, 0) is 61.6 Å². The van der Waals surface area contributed by atoms with E-state index in [1.807, 2.05) is 36.4 Å². The van der Waals surface area contributed by atoms with Crippen molar-refractivity contribution in [1.82, 2.24) is 14.9 Å². The first-order chi connectivity index (χ1) is 15.5. The van der Waals surface area contributed by atoms with E-state index in [1.165, 1.54) is 22.3 Å². The number of nitrogens with zero attached hydrogens (tertiary/aromatic N) is 2. The van der Waals surface area contributed by atoms with Gasteiger partial charge < -0.3 is 9.88 Å². The highest BCUT2D eigenvalue weighted by atomic mass is 16.1. The van der Waals surface area contributed by atoms with Gasteiger partial charge in [0.1, 0.15) is 5.82 Å². The van der Waals surface area contributed by atoms with Gasteiger partial charge in [-0.15, -0.1) is 0 Å². The van der Waals surface area contributed by atoms with Crippen LogP contribution in [-0.2, 0) is 24.2 Å². The predicted molar refractivity (Wildman–Crippen MR) is 131 cm³/mol. The number of aromatic nitrogens is 2. The van der Waals surface area contributed by atoms with Crippen LogP contribution < -0.4 is 5.32 Å².